The summed E-state index contributed by atoms with van der Waals surface area (Å²) in [5, 5.41) is 9.09. The van der Waals surface area contributed by atoms with Gasteiger partial charge in [-0.2, -0.15) is 5.26 Å². The lowest BCUT2D eigenvalue weighted by atomic mass is 10.1. The van der Waals surface area contributed by atoms with Gasteiger partial charge < -0.3 is 23.4 Å². The number of H-pyrrole nitrogens is 1. The van der Waals surface area contributed by atoms with Crippen LogP contribution >= 0.6 is 8.53 Å². The standard InChI is InChI=1S/C28H48N5O7P/c1-9-23-24(40-41(38-16-11-14-29)33(19(2)3)20(4)5)25(37-17-13-22(34)12-10-15-31(7)8)27(39-23)32-18-21(6)26(35)30-28(32)36/h18-20,23-25,27H,9-13,15-17H2,1-8H3,(H,30,35,36)/t23-,24?,25+,27-,41?/m1/s1. The molecule has 1 saturated heterocycles. The number of carbonyl (C=O) groups excluding carboxylic acids is 1. The third kappa shape index (κ3) is 10.4. The number of carbonyl (C=O) groups is 1. The minimum Gasteiger partial charge on any atom is -0.370 e. The fraction of sp³-hybridized carbons (Fsp3) is 0.786. The minimum absolute atomic E-state index is 0.0880. The molecule has 41 heavy (non-hydrogen) atoms. The van der Waals surface area contributed by atoms with Crippen molar-refractivity contribution in [2.24, 2.45) is 0 Å². The first-order valence-corrected chi connectivity index (χ1v) is 15.5. The summed E-state index contributed by atoms with van der Waals surface area (Å²) < 4.78 is 28.9. The van der Waals surface area contributed by atoms with Crippen LogP contribution in [0, 0.1) is 18.3 Å². The van der Waals surface area contributed by atoms with Gasteiger partial charge in [0.15, 0.2) is 6.23 Å². The number of nitriles is 1. The third-order valence-corrected chi connectivity index (χ3v) is 8.86. The van der Waals surface area contributed by atoms with Gasteiger partial charge in [0.1, 0.15) is 18.0 Å². The molecule has 1 aliphatic heterocycles. The van der Waals surface area contributed by atoms with E-state index in [0.29, 0.717) is 18.4 Å². The molecule has 1 aliphatic rings. The van der Waals surface area contributed by atoms with Crippen LogP contribution in [0.5, 0.6) is 0 Å². The molecule has 0 radical (unpaired) electrons. The molecule has 232 valence electrons. The Hall–Kier alpha value is -1.97. The topological polar surface area (TPSA) is 139 Å². The average molecular weight is 598 g/mol. The number of ether oxygens (including phenoxy) is 2. The lowest BCUT2D eigenvalue weighted by molar-refractivity contribution is -0.122. The lowest BCUT2D eigenvalue weighted by Crippen LogP contribution is -2.42. The summed E-state index contributed by atoms with van der Waals surface area (Å²) in [7, 11) is 2.31. The van der Waals surface area contributed by atoms with Gasteiger partial charge in [0.05, 0.1) is 31.8 Å². The zero-order valence-corrected chi connectivity index (χ0v) is 26.7. The van der Waals surface area contributed by atoms with Gasteiger partial charge in [-0.25, -0.2) is 9.46 Å². The summed E-state index contributed by atoms with van der Waals surface area (Å²) in [5.74, 6) is 0.0942. The molecule has 1 aromatic rings. The predicted octanol–water partition coefficient (Wildman–Crippen LogP) is 3.50. The molecule has 2 heterocycles. The van der Waals surface area contributed by atoms with Gasteiger partial charge in [-0.3, -0.25) is 19.1 Å². The van der Waals surface area contributed by atoms with Crippen molar-refractivity contribution < 1.29 is 23.3 Å². The molecule has 1 aromatic heterocycles. The molecule has 13 heteroatoms. The maximum atomic E-state index is 12.9. The maximum absolute atomic E-state index is 12.9. The van der Waals surface area contributed by atoms with E-state index >= 15 is 0 Å². The SMILES string of the molecule is CC[C@H]1O[C@@H](n2cc(C)c(=O)[nH]c2=O)[C@@H](OCCC(=O)CCCN(C)C)C1OP(OCCC#N)N(C(C)C)C(C)C. The number of aromatic nitrogens is 2. The maximum Gasteiger partial charge on any atom is 0.330 e. The first-order chi connectivity index (χ1) is 19.4. The number of aryl methyl sites for hydroxylation is 1. The normalized spacial score (nSPS) is 21.7. The number of hydrogen-bond acceptors (Lipinski definition) is 10. The van der Waals surface area contributed by atoms with Crippen LogP contribution in [0.4, 0.5) is 0 Å². The predicted molar refractivity (Wildman–Crippen MR) is 157 cm³/mol. The van der Waals surface area contributed by atoms with Crippen LogP contribution in [0.25, 0.3) is 0 Å². The number of nitrogens with one attached hydrogen (secondary N) is 1. The third-order valence-electron chi connectivity index (χ3n) is 6.73. The number of rotatable bonds is 18. The zero-order chi connectivity index (χ0) is 30.7. The van der Waals surface area contributed by atoms with E-state index in [1.165, 1.54) is 10.8 Å². The molecule has 2 rings (SSSR count). The number of ketones is 1. The Labute approximate surface area is 244 Å². The van der Waals surface area contributed by atoms with Crippen LogP contribution in [0.3, 0.4) is 0 Å². The first-order valence-electron chi connectivity index (χ1n) is 14.4. The molecular formula is C28H48N5O7P. The van der Waals surface area contributed by atoms with Gasteiger partial charge in [-0.15, -0.1) is 0 Å². The quantitative estimate of drug-likeness (QED) is 0.198. The van der Waals surface area contributed by atoms with Crippen LogP contribution in [0.1, 0.15) is 78.5 Å². The van der Waals surface area contributed by atoms with Crippen molar-refractivity contribution in [2.75, 3.05) is 33.9 Å². The fourth-order valence-corrected chi connectivity index (χ4v) is 6.53. The smallest absolute Gasteiger partial charge is 0.330 e. The van der Waals surface area contributed by atoms with Crippen LogP contribution < -0.4 is 11.2 Å². The molecule has 5 atom stereocenters. The molecule has 0 aromatic carbocycles. The minimum atomic E-state index is -1.63. The largest absolute Gasteiger partial charge is 0.370 e. The van der Waals surface area contributed by atoms with Crippen molar-refractivity contribution in [1.82, 2.24) is 19.1 Å². The molecule has 0 spiro atoms. The summed E-state index contributed by atoms with van der Waals surface area (Å²) in [6.07, 6.45) is 0.942. The highest BCUT2D eigenvalue weighted by molar-refractivity contribution is 7.44. The van der Waals surface area contributed by atoms with Crippen molar-refractivity contribution in [3.8, 4) is 6.07 Å². The molecule has 2 unspecified atom stereocenters. The van der Waals surface area contributed by atoms with Gasteiger partial charge in [0.25, 0.3) is 14.1 Å². The molecule has 1 fully saturated rings. The highest BCUT2D eigenvalue weighted by Gasteiger charge is 2.49. The lowest BCUT2D eigenvalue weighted by Gasteiger charge is -2.38. The average Bonchev–Trinajstić information content (AvgIpc) is 3.22. The van der Waals surface area contributed by atoms with Gasteiger partial charge in [-0.1, -0.05) is 6.92 Å². The highest BCUT2D eigenvalue weighted by Crippen LogP contribution is 2.50. The zero-order valence-electron chi connectivity index (χ0n) is 25.8. The second-order valence-corrected chi connectivity index (χ2v) is 12.5. The van der Waals surface area contributed by atoms with Crippen molar-refractivity contribution in [3.05, 3.63) is 32.6 Å². The van der Waals surface area contributed by atoms with Crippen LogP contribution in [-0.2, 0) is 23.3 Å². The van der Waals surface area contributed by atoms with Crippen molar-refractivity contribution in [2.45, 2.75) is 110 Å². The molecular weight excluding hydrogens is 549 g/mol. The Morgan fingerprint density at radius 3 is 2.44 bits per heavy atom. The Bertz CT molecular complexity index is 1110. The second kappa shape index (κ2) is 17.2. The van der Waals surface area contributed by atoms with Gasteiger partial charge >= 0.3 is 5.69 Å². The number of aromatic amines is 1. The van der Waals surface area contributed by atoms with Crippen LogP contribution in [0.15, 0.2) is 15.8 Å². The van der Waals surface area contributed by atoms with E-state index in [9.17, 15) is 14.4 Å². The summed E-state index contributed by atoms with van der Waals surface area (Å²) in [6.45, 7) is 12.9. The second-order valence-electron chi connectivity index (χ2n) is 11.1. The van der Waals surface area contributed by atoms with E-state index < -0.39 is 44.3 Å². The first kappa shape index (κ1) is 35.2. The summed E-state index contributed by atoms with van der Waals surface area (Å²) in [6, 6.07) is 2.28. The van der Waals surface area contributed by atoms with E-state index in [1.807, 2.05) is 25.9 Å². The molecule has 0 aliphatic carbocycles. The number of hydrogen-bond donors (Lipinski definition) is 1. The summed E-state index contributed by atoms with van der Waals surface area (Å²) in [4.78, 5) is 41.9. The summed E-state index contributed by atoms with van der Waals surface area (Å²) in [5.41, 5.74) is -0.731. The van der Waals surface area contributed by atoms with Crippen molar-refractivity contribution in [1.29, 1.82) is 5.26 Å². The van der Waals surface area contributed by atoms with E-state index in [-0.39, 0.29) is 43.9 Å². The molecule has 0 saturated carbocycles. The fourth-order valence-electron chi connectivity index (χ4n) is 4.77. The van der Waals surface area contributed by atoms with Crippen molar-refractivity contribution >= 4 is 14.3 Å². The monoisotopic (exact) mass is 597 g/mol. The van der Waals surface area contributed by atoms with Crippen molar-refractivity contribution in [3.63, 3.8) is 0 Å². The molecule has 0 amide bonds. The molecule has 12 nitrogen and oxygen atoms in total. The Morgan fingerprint density at radius 2 is 1.85 bits per heavy atom. The Kier molecular flexibility index (Phi) is 14.8. The Morgan fingerprint density at radius 1 is 1.17 bits per heavy atom. The van der Waals surface area contributed by atoms with E-state index in [0.717, 1.165) is 13.0 Å². The molecule has 0 bridgehead atoms. The highest BCUT2D eigenvalue weighted by atomic mass is 31.2. The van der Waals surface area contributed by atoms with E-state index in [1.54, 1.807) is 6.92 Å². The van der Waals surface area contributed by atoms with Gasteiger partial charge in [-0.05, 0) is 68.1 Å². The van der Waals surface area contributed by atoms with Crippen LogP contribution in [-0.4, -0.2) is 89.2 Å². The van der Waals surface area contributed by atoms with Gasteiger partial charge in [0, 0.05) is 36.7 Å². The van der Waals surface area contributed by atoms with E-state index in [4.69, 9.17) is 23.8 Å². The summed E-state index contributed by atoms with van der Waals surface area (Å²) >= 11 is 0. The molecule has 1 N–H and O–H groups in total. The number of Topliss-reactive ketones (excluding diaryl/α,β-unsaturated/α-hetero) is 1. The number of nitrogens with zero attached hydrogens (tertiary/aromatic N) is 4. The van der Waals surface area contributed by atoms with E-state index in [2.05, 4.69) is 43.4 Å². The van der Waals surface area contributed by atoms with Gasteiger partial charge in [0.2, 0.25) is 0 Å². The van der Waals surface area contributed by atoms with Crippen LogP contribution in [0.2, 0.25) is 0 Å². The Balaban J connectivity index is 2.39.